The van der Waals surface area contributed by atoms with Gasteiger partial charge in [0.15, 0.2) is 0 Å². The molecule has 0 spiro atoms. The Balaban J connectivity index is 2.23. The number of hydrogen-bond donors (Lipinski definition) is 1. The molecule has 6 heteroatoms. The van der Waals surface area contributed by atoms with Gasteiger partial charge in [-0.05, 0) is 19.1 Å². The summed E-state index contributed by atoms with van der Waals surface area (Å²) in [4.78, 5) is 21.4. The van der Waals surface area contributed by atoms with Crippen molar-refractivity contribution < 1.29 is 9.90 Å². The molecule has 0 unspecified atom stereocenters. The molecular weight excluding hydrogens is 250 g/mol. The highest BCUT2D eigenvalue weighted by molar-refractivity contribution is 7.09. The van der Waals surface area contributed by atoms with Gasteiger partial charge in [0.25, 0.3) is 0 Å². The third-order valence-corrected chi connectivity index (χ3v) is 3.27. The summed E-state index contributed by atoms with van der Waals surface area (Å²) in [5.74, 6) is -0.518. The van der Waals surface area contributed by atoms with Gasteiger partial charge < -0.3 is 10.0 Å². The first-order chi connectivity index (χ1) is 8.58. The van der Waals surface area contributed by atoms with E-state index in [1.807, 2.05) is 19.4 Å². The maximum atomic E-state index is 11.1. The van der Waals surface area contributed by atoms with E-state index in [1.54, 1.807) is 34.6 Å². The van der Waals surface area contributed by atoms with E-state index >= 15 is 0 Å². The number of thiazole rings is 1. The quantitative estimate of drug-likeness (QED) is 0.915. The highest BCUT2D eigenvalue weighted by Crippen LogP contribution is 2.18. The first-order valence-corrected chi connectivity index (χ1v) is 6.26. The van der Waals surface area contributed by atoms with Crippen LogP contribution in [0.4, 0.5) is 5.82 Å². The molecule has 0 aliphatic heterocycles. The zero-order valence-electron chi connectivity index (χ0n) is 10.1. The van der Waals surface area contributed by atoms with E-state index in [9.17, 15) is 4.79 Å². The van der Waals surface area contributed by atoms with Crippen molar-refractivity contribution in [3.05, 3.63) is 40.0 Å². The Morgan fingerprint density at radius 3 is 2.94 bits per heavy atom. The van der Waals surface area contributed by atoms with Crippen molar-refractivity contribution in [2.45, 2.75) is 13.5 Å². The molecule has 0 aromatic carbocycles. The highest BCUT2D eigenvalue weighted by atomic mass is 32.1. The van der Waals surface area contributed by atoms with Gasteiger partial charge in [-0.1, -0.05) is 0 Å². The zero-order chi connectivity index (χ0) is 13.1. The minimum atomic E-state index is -0.973. The smallest absolute Gasteiger partial charge is 0.339 e. The molecule has 0 bridgehead atoms. The Labute approximate surface area is 109 Å². The number of nitrogens with zero attached hydrogens (tertiary/aromatic N) is 3. The molecule has 5 nitrogen and oxygen atoms in total. The van der Waals surface area contributed by atoms with Gasteiger partial charge in [-0.3, -0.25) is 0 Å². The molecule has 0 saturated heterocycles. The van der Waals surface area contributed by atoms with Crippen LogP contribution in [0, 0.1) is 6.92 Å². The second-order valence-electron chi connectivity index (χ2n) is 3.89. The second kappa shape index (κ2) is 5.14. The summed E-state index contributed by atoms with van der Waals surface area (Å²) >= 11 is 1.58. The topological polar surface area (TPSA) is 66.3 Å². The third-order valence-electron chi connectivity index (χ3n) is 2.44. The fourth-order valence-corrected chi connectivity index (χ4v) is 2.27. The Hall–Kier alpha value is -1.95. The molecule has 18 heavy (non-hydrogen) atoms. The lowest BCUT2D eigenvalue weighted by Gasteiger charge is -2.18. The normalized spacial score (nSPS) is 10.3. The van der Waals surface area contributed by atoms with Gasteiger partial charge in [-0.15, -0.1) is 11.3 Å². The lowest BCUT2D eigenvalue weighted by molar-refractivity contribution is 0.0697. The highest BCUT2D eigenvalue weighted by Gasteiger charge is 2.15. The van der Waals surface area contributed by atoms with E-state index < -0.39 is 5.97 Å². The van der Waals surface area contributed by atoms with Crippen molar-refractivity contribution in [2.24, 2.45) is 0 Å². The van der Waals surface area contributed by atoms with Crippen LogP contribution in [0.1, 0.15) is 21.1 Å². The molecule has 0 fully saturated rings. The van der Waals surface area contributed by atoms with Gasteiger partial charge in [0.2, 0.25) is 0 Å². The molecule has 2 aromatic rings. The SMILES string of the molecule is Cc1nc(CN(C)c2ncccc2C(=O)O)cs1. The van der Waals surface area contributed by atoms with Crippen molar-refractivity contribution in [1.29, 1.82) is 0 Å². The Morgan fingerprint density at radius 2 is 2.33 bits per heavy atom. The van der Waals surface area contributed by atoms with Crippen molar-refractivity contribution >= 4 is 23.1 Å². The summed E-state index contributed by atoms with van der Waals surface area (Å²) < 4.78 is 0. The lowest BCUT2D eigenvalue weighted by Crippen LogP contribution is -2.20. The van der Waals surface area contributed by atoms with E-state index in [0.717, 1.165) is 10.7 Å². The van der Waals surface area contributed by atoms with Gasteiger partial charge in [0, 0.05) is 18.6 Å². The first kappa shape index (κ1) is 12.5. The monoisotopic (exact) mass is 263 g/mol. The molecule has 0 aliphatic rings. The summed E-state index contributed by atoms with van der Waals surface area (Å²) in [5.41, 5.74) is 1.12. The van der Waals surface area contributed by atoms with E-state index in [0.29, 0.717) is 12.4 Å². The molecule has 0 saturated carbocycles. The third kappa shape index (κ3) is 2.65. The van der Waals surface area contributed by atoms with Crippen LogP contribution in [0.5, 0.6) is 0 Å². The molecule has 2 aromatic heterocycles. The number of aromatic nitrogens is 2. The molecule has 0 radical (unpaired) electrons. The standard InChI is InChI=1S/C12H13N3O2S/c1-8-14-9(7-18-8)6-15(2)11-10(12(16)17)4-3-5-13-11/h3-5,7H,6H2,1-2H3,(H,16,17). The van der Waals surface area contributed by atoms with Crippen LogP contribution < -0.4 is 4.90 Å². The molecule has 1 N–H and O–H groups in total. The van der Waals surface area contributed by atoms with Gasteiger partial charge in [-0.2, -0.15) is 0 Å². The minimum Gasteiger partial charge on any atom is -0.478 e. The molecule has 0 amide bonds. The van der Waals surface area contributed by atoms with E-state index in [-0.39, 0.29) is 5.56 Å². The number of carboxylic acid groups (broad SMARTS) is 1. The van der Waals surface area contributed by atoms with Crippen LogP contribution in [0.15, 0.2) is 23.7 Å². The molecular formula is C12H13N3O2S. The summed E-state index contributed by atoms with van der Waals surface area (Å²) in [6.07, 6.45) is 1.59. The van der Waals surface area contributed by atoms with Gasteiger partial charge in [0.1, 0.15) is 11.4 Å². The molecule has 0 aliphatic carbocycles. The fourth-order valence-electron chi connectivity index (χ4n) is 1.67. The van der Waals surface area contributed by atoms with Crippen LogP contribution in [-0.4, -0.2) is 28.1 Å². The van der Waals surface area contributed by atoms with Crippen molar-refractivity contribution in [3.63, 3.8) is 0 Å². The largest absolute Gasteiger partial charge is 0.478 e. The maximum absolute atomic E-state index is 11.1. The van der Waals surface area contributed by atoms with Gasteiger partial charge in [0.05, 0.1) is 17.2 Å². The van der Waals surface area contributed by atoms with Crippen molar-refractivity contribution in [3.8, 4) is 0 Å². The summed E-state index contributed by atoms with van der Waals surface area (Å²) in [6.45, 7) is 2.49. The van der Waals surface area contributed by atoms with Gasteiger partial charge in [-0.25, -0.2) is 14.8 Å². The fraction of sp³-hybridized carbons (Fsp3) is 0.250. The molecule has 94 valence electrons. The van der Waals surface area contributed by atoms with Crippen LogP contribution >= 0.6 is 11.3 Å². The predicted molar refractivity (Wildman–Crippen MR) is 70.2 cm³/mol. The average Bonchev–Trinajstić information content (AvgIpc) is 2.74. The average molecular weight is 263 g/mol. The Kier molecular flexibility index (Phi) is 3.57. The number of hydrogen-bond acceptors (Lipinski definition) is 5. The minimum absolute atomic E-state index is 0.201. The first-order valence-electron chi connectivity index (χ1n) is 5.38. The van der Waals surface area contributed by atoms with E-state index in [2.05, 4.69) is 9.97 Å². The Bertz CT molecular complexity index is 568. The Morgan fingerprint density at radius 1 is 1.56 bits per heavy atom. The summed E-state index contributed by atoms with van der Waals surface area (Å²) in [6, 6.07) is 3.17. The summed E-state index contributed by atoms with van der Waals surface area (Å²) in [5, 5.41) is 12.1. The number of pyridine rings is 1. The number of carboxylic acids is 1. The lowest BCUT2D eigenvalue weighted by atomic mass is 10.2. The predicted octanol–water partition coefficient (Wildman–Crippen LogP) is 2.18. The summed E-state index contributed by atoms with van der Waals surface area (Å²) in [7, 11) is 1.81. The van der Waals surface area contributed by atoms with Crippen LogP contribution in [0.3, 0.4) is 0 Å². The van der Waals surface area contributed by atoms with Crippen LogP contribution in [0.2, 0.25) is 0 Å². The number of rotatable bonds is 4. The van der Waals surface area contributed by atoms with E-state index in [1.165, 1.54) is 0 Å². The van der Waals surface area contributed by atoms with Gasteiger partial charge >= 0.3 is 5.97 Å². The molecule has 0 atom stereocenters. The number of anilines is 1. The zero-order valence-corrected chi connectivity index (χ0v) is 10.9. The second-order valence-corrected chi connectivity index (χ2v) is 4.96. The number of carbonyl (C=O) groups is 1. The maximum Gasteiger partial charge on any atom is 0.339 e. The number of aryl methyl sites for hydroxylation is 1. The van der Waals surface area contributed by atoms with E-state index in [4.69, 9.17) is 5.11 Å². The van der Waals surface area contributed by atoms with Crippen molar-refractivity contribution in [1.82, 2.24) is 9.97 Å². The molecule has 2 rings (SSSR count). The van der Waals surface area contributed by atoms with Crippen LogP contribution in [-0.2, 0) is 6.54 Å². The van der Waals surface area contributed by atoms with Crippen LogP contribution in [0.25, 0.3) is 0 Å². The van der Waals surface area contributed by atoms with Crippen molar-refractivity contribution in [2.75, 3.05) is 11.9 Å². The molecule has 2 heterocycles. The number of aromatic carboxylic acids is 1.